The maximum atomic E-state index is 12.6. The number of carbonyl (C=O) groups is 1. The summed E-state index contributed by atoms with van der Waals surface area (Å²) >= 11 is 0. The Morgan fingerprint density at radius 2 is 2.25 bits per heavy atom. The Morgan fingerprint density at radius 1 is 1.50 bits per heavy atom. The quantitative estimate of drug-likeness (QED) is 0.812. The lowest BCUT2D eigenvalue weighted by atomic mass is 10.3. The minimum atomic E-state index is -4.53. The van der Waals surface area contributed by atoms with Crippen LogP contribution in [0.5, 0.6) is 0 Å². The van der Waals surface area contributed by atoms with Crippen molar-refractivity contribution in [3.63, 3.8) is 0 Å². The third-order valence-electron chi connectivity index (χ3n) is 2.68. The third-order valence-corrected chi connectivity index (χ3v) is 2.68. The predicted molar refractivity (Wildman–Crippen MR) is 64.5 cm³/mol. The van der Waals surface area contributed by atoms with Gasteiger partial charge >= 0.3 is 6.18 Å². The molecule has 0 saturated carbocycles. The number of nitrogens with zero attached hydrogens (tertiary/aromatic N) is 2. The summed E-state index contributed by atoms with van der Waals surface area (Å²) in [5.74, 6) is -0.384. The second-order valence-corrected chi connectivity index (χ2v) is 4.34. The van der Waals surface area contributed by atoms with E-state index in [-0.39, 0.29) is 24.0 Å². The number of hydrogen-bond acceptors (Lipinski definition) is 4. The van der Waals surface area contributed by atoms with Gasteiger partial charge in [0.2, 0.25) is 5.91 Å². The van der Waals surface area contributed by atoms with Crippen molar-refractivity contribution < 1.29 is 18.0 Å². The maximum absolute atomic E-state index is 12.6. The summed E-state index contributed by atoms with van der Waals surface area (Å²) in [7, 11) is 0. The number of carbonyl (C=O) groups excluding carboxylic acids is 1. The Balaban J connectivity index is 2.04. The molecule has 1 aliphatic heterocycles. The number of nitrogens with one attached hydrogen (secondary N) is 2. The summed E-state index contributed by atoms with van der Waals surface area (Å²) in [6, 6.07) is 0.411. The summed E-state index contributed by atoms with van der Waals surface area (Å²) in [6.45, 7) is 1.90. The molecule has 1 amide bonds. The van der Waals surface area contributed by atoms with E-state index in [1.807, 2.05) is 0 Å². The van der Waals surface area contributed by atoms with Crippen LogP contribution in [-0.4, -0.2) is 28.5 Å². The SMILES string of the molecule is Cc1cc(C(F)(F)F)nc(CNC(=O)C2C=CCN2)n1. The first-order valence-corrected chi connectivity index (χ1v) is 5.96. The second-order valence-electron chi connectivity index (χ2n) is 4.34. The standard InChI is InChI=1S/C12H13F3N4O/c1-7-5-9(12(13,14)15)19-10(18-7)6-17-11(20)8-3-2-4-16-8/h2-3,5,8,16H,4,6H2,1H3,(H,17,20). The molecule has 1 aromatic heterocycles. The highest BCUT2D eigenvalue weighted by Crippen LogP contribution is 2.27. The molecule has 0 fully saturated rings. The van der Waals surface area contributed by atoms with Crippen molar-refractivity contribution >= 4 is 5.91 Å². The van der Waals surface area contributed by atoms with Gasteiger partial charge in [-0.2, -0.15) is 13.2 Å². The van der Waals surface area contributed by atoms with Crippen molar-refractivity contribution in [1.29, 1.82) is 0 Å². The smallest absolute Gasteiger partial charge is 0.347 e. The van der Waals surface area contributed by atoms with Crippen LogP contribution in [0.3, 0.4) is 0 Å². The first-order valence-electron chi connectivity index (χ1n) is 5.96. The predicted octanol–water partition coefficient (Wildman–Crippen LogP) is 0.948. The zero-order chi connectivity index (χ0) is 14.8. The van der Waals surface area contributed by atoms with Crippen molar-refractivity contribution in [3.8, 4) is 0 Å². The van der Waals surface area contributed by atoms with Gasteiger partial charge in [-0.15, -0.1) is 0 Å². The monoisotopic (exact) mass is 286 g/mol. The maximum Gasteiger partial charge on any atom is 0.433 e. The molecule has 5 nitrogen and oxygen atoms in total. The molecule has 2 N–H and O–H groups in total. The van der Waals surface area contributed by atoms with Crippen LogP contribution in [0.4, 0.5) is 13.2 Å². The Bertz CT molecular complexity index is 542. The minimum Gasteiger partial charge on any atom is -0.347 e. The van der Waals surface area contributed by atoms with Gasteiger partial charge in [-0.25, -0.2) is 9.97 Å². The van der Waals surface area contributed by atoms with Gasteiger partial charge in [-0.1, -0.05) is 12.2 Å². The molecule has 1 aliphatic rings. The molecule has 0 aromatic carbocycles. The lowest BCUT2D eigenvalue weighted by Crippen LogP contribution is -2.40. The van der Waals surface area contributed by atoms with E-state index in [1.165, 1.54) is 6.92 Å². The van der Waals surface area contributed by atoms with Crippen LogP contribution in [-0.2, 0) is 17.5 Å². The summed E-state index contributed by atoms with van der Waals surface area (Å²) in [4.78, 5) is 19.0. The highest BCUT2D eigenvalue weighted by atomic mass is 19.4. The lowest BCUT2D eigenvalue weighted by molar-refractivity contribution is -0.141. The normalized spacial score (nSPS) is 18.3. The molecule has 20 heavy (non-hydrogen) atoms. The van der Waals surface area contributed by atoms with Crippen LogP contribution in [0.1, 0.15) is 17.2 Å². The zero-order valence-electron chi connectivity index (χ0n) is 10.7. The first kappa shape index (κ1) is 14.4. The minimum absolute atomic E-state index is 0.0624. The highest BCUT2D eigenvalue weighted by molar-refractivity contribution is 5.84. The summed E-state index contributed by atoms with van der Waals surface area (Å²) in [5, 5.41) is 5.40. The van der Waals surface area contributed by atoms with E-state index in [2.05, 4.69) is 20.6 Å². The molecular formula is C12H13F3N4O. The van der Waals surface area contributed by atoms with E-state index in [1.54, 1.807) is 12.2 Å². The van der Waals surface area contributed by atoms with Crippen LogP contribution < -0.4 is 10.6 Å². The van der Waals surface area contributed by atoms with Crippen LogP contribution in [0, 0.1) is 6.92 Å². The molecule has 1 aromatic rings. The number of amides is 1. The van der Waals surface area contributed by atoms with E-state index in [0.717, 1.165) is 6.07 Å². The average Bonchev–Trinajstić information content (AvgIpc) is 2.88. The molecule has 0 bridgehead atoms. The fourth-order valence-corrected chi connectivity index (χ4v) is 1.78. The molecule has 2 rings (SSSR count). The number of aryl methyl sites for hydroxylation is 1. The average molecular weight is 286 g/mol. The van der Waals surface area contributed by atoms with E-state index in [0.29, 0.717) is 6.54 Å². The largest absolute Gasteiger partial charge is 0.433 e. The molecule has 0 radical (unpaired) electrons. The van der Waals surface area contributed by atoms with E-state index >= 15 is 0 Å². The number of hydrogen-bond donors (Lipinski definition) is 2. The van der Waals surface area contributed by atoms with Crippen LogP contribution in [0.25, 0.3) is 0 Å². The molecule has 0 aliphatic carbocycles. The molecule has 8 heteroatoms. The Hall–Kier alpha value is -1.96. The van der Waals surface area contributed by atoms with Gasteiger partial charge in [-0.05, 0) is 13.0 Å². The summed E-state index contributed by atoms with van der Waals surface area (Å²) in [6.07, 6.45) is -1.04. The van der Waals surface area contributed by atoms with Gasteiger partial charge in [0.1, 0.15) is 17.6 Å². The van der Waals surface area contributed by atoms with Gasteiger partial charge in [0, 0.05) is 12.2 Å². The zero-order valence-corrected chi connectivity index (χ0v) is 10.7. The lowest BCUT2D eigenvalue weighted by Gasteiger charge is -2.11. The van der Waals surface area contributed by atoms with Crippen molar-refractivity contribution in [3.05, 3.63) is 35.4 Å². The fourth-order valence-electron chi connectivity index (χ4n) is 1.78. The molecular weight excluding hydrogens is 273 g/mol. The molecule has 2 heterocycles. The van der Waals surface area contributed by atoms with Crippen LogP contribution in [0.2, 0.25) is 0 Å². The number of aromatic nitrogens is 2. The third kappa shape index (κ3) is 3.53. The number of alkyl halides is 3. The van der Waals surface area contributed by atoms with Gasteiger partial charge in [-0.3, -0.25) is 10.1 Å². The topological polar surface area (TPSA) is 66.9 Å². The molecule has 108 valence electrons. The number of halogens is 3. The highest BCUT2D eigenvalue weighted by Gasteiger charge is 2.33. The van der Waals surface area contributed by atoms with Crippen molar-refractivity contribution in [2.24, 2.45) is 0 Å². The summed E-state index contributed by atoms with van der Waals surface area (Å²) < 4.78 is 37.8. The molecule has 0 saturated heterocycles. The second kappa shape index (κ2) is 5.58. The van der Waals surface area contributed by atoms with Gasteiger partial charge in [0.15, 0.2) is 0 Å². The Kier molecular flexibility index (Phi) is 4.03. The van der Waals surface area contributed by atoms with Crippen molar-refractivity contribution in [1.82, 2.24) is 20.6 Å². The first-order chi connectivity index (χ1) is 9.36. The van der Waals surface area contributed by atoms with Gasteiger partial charge in [0.25, 0.3) is 0 Å². The molecule has 0 spiro atoms. The van der Waals surface area contributed by atoms with E-state index < -0.39 is 17.9 Å². The summed E-state index contributed by atoms with van der Waals surface area (Å²) in [5.41, 5.74) is -0.802. The van der Waals surface area contributed by atoms with E-state index in [9.17, 15) is 18.0 Å². The van der Waals surface area contributed by atoms with Crippen molar-refractivity contribution in [2.45, 2.75) is 25.7 Å². The van der Waals surface area contributed by atoms with Crippen LogP contribution in [0.15, 0.2) is 18.2 Å². The van der Waals surface area contributed by atoms with Crippen LogP contribution >= 0.6 is 0 Å². The van der Waals surface area contributed by atoms with Crippen molar-refractivity contribution in [2.75, 3.05) is 6.54 Å². The van der Waals surface area contributed by atoms with Gasteiger partial charge in [0.05, 0.1) is 6.54 Å². The van der Waals surface area contributed by atoms with Gasteiger partial charge < -0.3 is 5.32 Å². The molecule has 1 unspecified atom stereocenters. The number of rotatable bonds is 3. The Morgan fingerprint density at radius 3 is 2.85 bits per heavy atom. The molecule has 1 atom stereocenters. The van der Waals surface area contributed by atoms with E-state index in [4.69, 9.17) is 0 Å². The fraction of sp³-hybridized carbons (Fsp3) is 0.417. The Labute approximate surface area is 113 Å².